The fourth-order valence-electron chi connectivity index (χ4n) is 4.70. The van der Waals surface area contributed by atoms with E-state index >= 15 is 0 Å². The smallest absolute Gasteiger partial charge is 0.240 e. The SMILES string of the molecule is Fc1n[nH]c2ccc(/C(=C(/c3ccccc3)C3CCC3)c3ccc(C=Cc4nnco4)cc3)cc12. The quantitative estimate of drug-likeness (QED) is 0.276. The Bertz CT molecular complexity index is 1510. The standard InChI is InChI=1S/C29H23FN4O/c30-29-24-17-23(14-15-25(24)32-34-29)28(27(21-7-4-8-21)20-5-2-1-3-6-20)22-12-9-19(10-13-22)11-16-26-33-31-18-35-26/h1-3,5-6,9-18,21H,4,7-8H2,(H,32,34)/b16-11?,28-27-. The van der Waals surface area contributed by atoms with Gasteiger partial charge in [-0.25, -0.2) is 0 Å². The number of aromatic nitrogens is 4. The Kier molecular flexibility index (Phi) is 5.54. The highest BCUT2D eigenvalue weighted by Crippen LogP contribution is 2.45. The van der Waals surface area contributed by atoms with Crippen LogP contribution in [0.25, 0.3) is 34.2 Å². The molecule has 0 bridgehead atoms. The molecule has 2 aromatic heterocycles. The number of aromatic amines is 1. The zero-order valence-electron chi connectivity index (χ0n) is 19.0. The van der Waals surface area contributed by atoms with Crippen molar-refractivity contribution >= 4 is 34.2 Å². The average molecular weight is 463 g/mol. The summed E-state index contributed by atoms with van der Waals surface area (Å²) in [6.45, 7) is 0. The number of H-pyrrole nitrogens is 1. The summed E-state index contributed by atoms with van der Waals surface area (Å²) in [4.78, 5) is 0. The first-order chi connectivity index (χ1) is 17.3. The second kappa shape index (κ2) is 9.14. The summed E-state index contributed by atoms with van der Waals surface area (Å²) in [6, 6.07) is 24.8. The molecule has 0 radical (unpaired) electrons. The van der Waals surface area contributed by atoms with Crippen LogP contribution in [-0.4, -0.2) is 20.4 Å². The third-order valence-corrected chi connectivity index (χ3v) is 6.67. The molecule has 0 aliphatic heterocycles. The molecule has 0 spiro atoms. The normalized spacial score (nSPS) is 14.9. The molecule has 1 aliphatic rings. The highest BCUT2D eigenvalue weighted by molar-refractivity contribution is 6.01. The van der Waals surface area contributed by atoms with Gasteiger partial charge >= 0.3 is 0 Å². The van der Waals surface area contributed by atoms with Gasteiger partial charge in [-0.1, -0.05) is 67.1 Å². The molecule has 3 aromatic carbocycles. The fourth-order valence-corrected chi connectivity index (χ4v) is 4.70. The summed E-state index contributed by atoms with van der Waals surface area (Å²) in [5, 5.41) is 14.6. The molecule has 6 rings (SSSR count). The molecule has 172 valence electrons. The monoisotopic (exact) mass is 462 g/mol. The molecule has 1 aliphatic carbocycles. The summed E-state index contributed by atoms with van der Waals surface area (Å²) in [5.74, 6) is 0.448. The summed E-state index contributed by atoms with van der Waals surface area (Å²) < 4.78 is 19.6. The van der Waals surface area contributed by atoms with Crippen molar-refractivity contribution in [3.05, 3.63) is 113 Å². The summed E-state index contributed by atoms with van der Waals surface area (Å²) in [5.41, 5.74) is 7.45. The maximum Gasteiger partial charge on any atom is 0.240 e. The van der Waals surface area contributed by atoms with E-state index in [0.29, 0.717) is 22.7 Å². The lowest BCUT2D eigenvalue weighted by Crippen LogP contribution is -2.15. The van der Waals surface area contributed by atoms with Crippen LogP contribution in [0.3, 0.4) is 0 Å². The zero-order chi connectivity index (χ0) is 23.6. The van der Waals surface area contributed by atoms with Crippen LogP contribution in [0.1, 0.15) is 47.4 Å². The Balaban J connectivity index is 1.51. The van der Waals surface area contributed by atoms with Crippen molar-refractivity contribution in [1.82, 2.24) is 20.4 Å². The molecule has 0 atom stereocenters. The minimum Gasteiger partial charge on any atom is -0.424 e. The van der Waals surface area contributed by atoms with E-state index < -0.39 is 5.95 Å². The van der Waals surface area contributed by atoms with Gasteiger partial charge in [-0.2, -0.15) is 4.39 Å². The number of fused-ring (bicyclic) bond motifs is 1. The van der Waals surface area contributed by atoms with Crippen LogP contribution >= 0.6 is 0 Å². The Hall–Kier alpha value is -4.32. The first-order valence-electron chi connectivity index (χ1n) is 11.7. The predicted octanol–water partition coefficient (Wildman–Crippen LogP) is 7.01. The number of hydrogen-bond acceptors (Lipinski definition) is 4. The third kappa shape index (κ3) is 4.19. The molecule has 1 saturated carbocycles. The lowest BCUT2D eigenvalue weighted by molar-refractivity contribution is 0.401. The molecule has 1 N–H and O–H groups in total. The highest BCUT2D eigenvalue weighted by Gasteiger charge is 2.27. The largest absolute Gasteiger partial charge is 0.424 e. The van der Waals surface area contributed by atoms with Crippen molar-refractivity contribution in [3.8, 4) is 0 Å². The summed E-state index contributed by atoms with van der Waals surface area (Å²) in [6.07, 6.45) is 8.58. The fraction of sp³-hybridized carbons (Fsp3) is 0.138. The molecule has 0 unspecified atom stereocenters. The van der Waals surface area contributed by atoms with Gasteiger partial charge in [0, 0.05) is 6.08 Å². The van der Waals surface area contributed by atoms with Crippen LogP contribution in [0.4, 0.5) is 4.39 Å². The van der Waals surface area contributed by atoms with E-state index in [-0.39, 0.29) is 0 Å². The number of rotatable bonds is 6. The van der Waals surface area contributed by atoms with Crippen molar-refractivity contribution in [2.75, 3.05) is 0 Å². The van der Waals surface area contributed by atoms with Crippen LogP contribution in [0.15, 0.2) is 83.6 Å². The molecule has 0 saturated heterocycles. The minimum atomic E-state index is -0.479. The van der Waals surface area contributed by atoms with Crippen LogP contribution < -0.4 is 0 Å². The van der Waals surface area contributed by atoms with Gasteiger partial charge in [0.25, 0.3) is 0 Å². The Morgan fingerprint density at radius 3 is 2.43 bits per heavy atom. The molecule has 2 heterocycles. The van der Waals surface area contributed by atoms with E-state index in [0.717, 1.165) is 35.1 Å². The zero-order valence-corrected chi connectivity index (χ0v) is 19.0. The van der Waals surface area contributed by atoms with Crippen LogP contribution in [0.2, 0.25) is 0 Å². The molecule has 1 fully saturated rings. The summed E-state index contributed by atoms with van der Waals surface area (Å²) in [7, 11) is 0. The number of hydrogen-bond donors (Lipinski definition) is 1. The van der Waals surface area contributed by atoms with Gasteiger partial charge < -0.3 is 4.42 Å². The van der Waals surface area contributed by atoms with Crippen LogP contribution in [-0.2, 0) is 0 Å². The maximum atomic E-state index is 14.4. The second-order valence-corrected chi connectivity index (χ2v) is 8.79. The van der Waals surface area contributed by atoms with Crippen molar-refractivity contribution in [2.45, 2.75) is 19.3 Å². The number of nitrogens with zero attached hydrogens (tertiary/aromatic N) is 3. The lowest BCUT2D eigenvalue weighted by Gasteiger charge is -2.31. The van der Waals surface area contributed by atoms with Crippen molar-refractivity contribution < 1.29 is 8.81 Å². The van der Waals surface area contributed by atoms with Crippen molar-refractivity contribution in [3.63, 3.8) is 0 Å². The number of halogens is 1. The van der Waals surface area contributed by atoms with Gasteiger partial charge in [0.2, 0.25) is 18.2 Å². The molecule has 35 heavy (non-hydrogen) atoms. The van der Waals surface area contributed by atoms with Crippen LogP contribution in [0.5, 0.6) is 0 Å². The van der Waals surface area contributed by atoms with Crippen molar-refractivity contribution in [2.24, 2.45) is 5.92 Å². The molecule has 5 nitrogen and oxygen atoms in total. The molecule has 5 aromatic rings. The van der Waals surface area contributed by atoms with Crippen molar-refractivity contribution in [1.29, 1.82) is 0 Å². The van der Waals surface area contributed by atoms with E-state index in [9.17, 15) is 4.39 Å². The highest BCUT2D eigenvalue weighted by atomic mass is 19.1. The second-order valence-electron chi connectivity index (χ2n) is 8.79. The van der Waals surface area contributed by atoms with Crippen LogP contribution in [0, 0.1) is 11.9 Å². The molecular formula is C29H23FN4O. The van der Waals surface area contributed by atoms with Gasteiger partial charge in [0.1, 0.15) is 0 Å². The average Bonchev–Trinajstić information content (AvgIpc) is 3.52. The first kappa shape index (κ1) is 21.2. The Labute approximate surface area is 202 Å². The first-order valence-corrected chi connectivity index (χ1v) is 11.7. The minimum absolute atomic E-state index is 0.460. The lowest BCUT2D eigenvalue weighted by atomic mass is 9.73. The van der Waals surface area contributed by atoms with E-state index in [2.05, 4.69) is 75.0 Å². The summed E-state index contributed by atoms with van der Waals surface area (Å²) >= 11 is 0. The Morgan fingerprint density at radius 2 is 1.71 bits per heavy atom. The van der Waals surface area contributed by atoms with Gasteiger partial charge in [-0.3, -0.25) is 5.10 Å². The van der Waals surface area contributed by atoms with Gasteiger partial charge in [-0.15, -0.1) is 15.3 Å². The van der Waals surface area contributed by atoms with Gasteiger partial charge in [0.05, 0.1) is 10.9 Å². The number of allylic oxidation sites excluding steroid dienone is 1. The number of benzene rings is 3. The van der Waals surface area contributed by atoms with E-state index in [1.165, 1.54) is 24.0 Å². The van der Waals surface area contributed by atoms with Gasteiger partial charge in [-0.05, 0) is 70.4 Å². The van der Waals surface area contributed by atoms with E-state index in [1.807, 2.05) is 24.3 Å². The van der Waals surface area contributed by atoms with Gasteiger partial charge in [0.15, 0.2) is 0 Å². The number of nitrogens with one attached hydrogen (secondary N) is 1. The molecule has 0 amide bonds. The molecule has 6 heteroatoms. The maximum absolute atomic E-state index is 14.4. The predicted molar refractivity (Wildman–Crippen MR) is 135 cm³/mol. The molecular weight excluding hydrogens is 439 g/mol. The van der Waals surface area contributed by atoms with E-state index in [1.54, 1.807) is 6.08 Å². The third-order valence-electron chi connectivity index (χ3n) is 6.67. The van der Waals surface area contributed by atoms with E-state index in [4.69, 9.17) is 4.42 Å². The topological polar surface area (TPSA) is 67.6 Å². The Morgan fingerprint density at radius 1 is 0.914 bits per heavy atom.